The van der Waals surface area contributed by atoms with Crippen LogP contribution < -0.4 is 31.9 Å². The van der Waals surface area contributed by atoms with Gasteiger partial charge in [0.1, 0.15) is 18.1 Å². The number of nitrogens with one attached hydrogen (secondary N) is 6. The summed E-state index contributed by atoms with van der Waals surface area (Å²) in [6, 6.07) is -3.07. The minimum Gasteiger partial charge on any atom is -0.381 e. The first kappa shape index (κ1) is 40.3. The third kappa shape index (κ3) is 14.5. The Morgan fingerprint density at radius 3 is 1.93 bits per heavy atom. The van der Waals surface area contributed by atoms with E-state index in [1.165, 1.54) is 0 Å². The zero-order valence-electron chi connectivity index (χ0n) is 29.2. The zero-order chi connectivity index (χ0) is 34.1. The lowest BCUT2D eigenvalue weighted by molar-refractivity contribution is -0.135. The monoisotopic (exact) mass is 638 g/mol. The van der Waals surface area contributed by atoms with Gasteiger partial charge in [0.05, 0.1) is 6.04 Å². The summed E-state index contributed by atoms with van der Waals surface area (Å²) in [5.74, 6) is -1.47. The van der Waals surface area contributed by atoms with Gasteiger partial charge < -0.3 is 36.6 Å². The number of carbonyl (C=O) groups excluding carboxylic acids is 5. The number of likely N-dealkylation sites (N-methyl/N-ethyl adjacent to an activating group) is 1. The highest BCUT2D eigenvalue weighted by Gasteiger charge is 2.33. The summed E-state index contributed by atoms with van der Waals surface area (Å²) in [5, 5.41) is 17.8. The summed E-state index contributed by atoms with van der Waals surface area (Å²) in [6.07, 6.45) is 3.71. The first-order valence-electron chi connectivity index (χ1n) is 17.1. The predicted octanol–water partition coefficient (Wildman–Crippen LogP) is 2.01. The summed E-state index contributed by atoms with van der Waals surface area (Å²) >= 11 is 0. The van der Waals surface area contributed by atoms with Gasteiger partial charge >= 0.3 is 0 Å². The van der Waals surface area contributed by atoms with Gasteiger partial charge in [0.25, 0.3) is 0 Å². The summed E-state index contributed by atoms with van der Waals surface area (Å²) in [5.41, 5.74) is 0. The van der Waals surface area contributed by atoms with Crippen molar-refractivity contribution in [1.82, 2.24) is 31.9 Å². The van der Waals surface area contributed by atoms with Gasteiger partial charge in [-0.1, -0.05) is 61.3 Å². The normalized spacial score (nSPS) is 17.8. The number of hydrogen-bond donors (Lipinski definition) is 6. The van der Waals surface area contributed by atoms with Gasteiger partial charge in [-0.3, -0.25) is 24.0 Å². The molecule has 6 atom stereocenters. The highest BCUT2D eigenvalue weighted by Crippen LogP contribution is 2.17. The quantitative estimate of drug-likeness (QED) is 0.119. The number of hydrogen-bond acceptors (Lipinski definition) is 7. The second-order valence-electron chi connectivity index (χ2n) is 13.2. The number of ether oxygens (including phenoxy) is 1. The van der Waals surface area contributed by atoms with Gasteiger partial charge in [-0.25, -0.2) is 0 Å². The lowest BCUT2D eigenvalue weighted by Gasteiger charge is -2.30. The Morgan fingerprint density at radius 2 is 1.40 bits per heavy atom. The Bertz CT molecular complexity index is 939. The molecule has 1 aliphatic heterocycles. The van der Waals surface area contributed by atoms with Crippen molar-refractivity contribution in [3.8, 4) is 0 Å². The van der Waals surface area contributed by atoms with Crippen molar-refractivity contribution >= 4 is 29.5 Å². The molecule has 1 heterocycles. The Kier molecular flexibility index (Phi) is 18.9. The Morgan fingerprint density at radius 1 is 0.756 bits per heavy atom. The second kappa shape index (κ2) is 21.1. The maximum atomic E-state index is 13.5. The fourth-order valence-corrected chi connectivity index (χ4v) is 5.33. The molecular weight excluding hydrogens is 576 g/mol. The van der Waals surface area contributed by atoms with E-state index in [4.69, 9.17) is 4.74 Å². The van der Waals surface area contributed by atoms with Crippen LogP contribution in [0.2, 0.25) is 0 Å². The molecule has 0 spiro atoms. The standard InChI is InChI=1S/C33H62N6O6/c1-10-13-26(37-33(44)28(22(8)11-2)39-30(41)24-14-16-45-17-15-24)31(42)36-25(18-20(4)5)19-35-23(9)29(40)38-27(21(6)7)32(43)34-12-3/h20-28,35H,10-19H2,1-9H3,(H,34,43)(H,36,42)(H,37,44)(H,38,40)(H,39,41)/t22-,23-,25-,26-,27-,28-/m0/s1. The molecule has 1 fully saturated rings. The second-order valence-corrected chi connectivity index (χ2v) is 13.2. The smallest absolute Gasteiger partial charge is 0.243 e. The van der Waals surface area contributed by atoms with Crippen molar-refractivity contribution in [2.24, 2.45) is 23.7 Å². The van der Waals surface area contributed by atoms with Crippen LogP contribution in [-0.2, 0) is 28.7 Å². The number of amides is 5. The van der Waals surface area contributed by atoms with Crippen LogP contribution in [0.15, 0.2) is 0 Å². The molecule has 0 saturated carbocycles. The van der Waals surface area contributed by atoms with Crippen LogP contribution in [0.25, 0.3) is 0 Å². The third-order valence-electron chi connectivity index (χ3n) is 8.36. The lowest BCUT2D eigenvalue weighted by atomic mass is 9.94. The van der Waals surface area contributed by atoms with Gasteiger partial charge in [0.15, 0.2) is 0 Å². The van der Waals surface area contributed by atoms with E-state index in [2.05, 4.69) is 45.7 Å². The molecule has 0 bridgehead atoms. The van der Waals surface area contributed by atoms with Crippen LogP contribution >= 0.6 is 0 Å². The molecule has 1 aliphatic rings. The Hall–Kier alpha value is -2.73. The van der Waals surface area contributed by atoms with Crippen LogP contribution in [0.4, 0.5) is 0 Å². The van der Waals surface area contributed by atoms with E-state index in [0.29, 0.717) is 64.8 Å². The average Bonchev–Trinajstić information content (AvgIpc) is 3.00. The first-order valence-corrected chi connectivity index (χ1v) is 17.1. The van der Waals surface area contributed by atoms with Gasteiger partial charge in [-0.15, -0.1) is 0 Å². The van der Waals surface area contributed by atoms with E-state index >= 15 is 0 Å². The Balaban J connectivity index is 2.92. The van der Waals surface area contributed by atoms with Crippen molar-refractivity contribution in [3.63, 3.8) is 0 Å². The molecule has 45 heavy (non-hydrogen) atoms. The summed E-state index contributed by atoms with van der Waals surface area (Å²) in [7, 11) is 0. The zero-order valence-corrected chi connectivity index (χ0v) is 29.2. The lowest BCUT2D eigenvalue weighted by Crippen LogP contribution is -2.58. The molecule has 12 nitrogen and oxygen atoms in total. The van der Waals surface area contributed by atoms with E-state index < -0.39 is 24.2 Å². The molecule has 12 heteroatoms. The third-order valence-corrected chi connectivity index (χ3v) is 8.36. The first-order chi connectivity index (χ1) is 21.2. The van der Waals surface area contributed by atoms with Crippen LogP contribution in [0.1, 0.15) is 101 Å². The SMILES string of the molecule is CCC[C@H](NC(=O)[C@@H](NC(=O)C1CCOCC1)[C@@H](C)CC)C(=O)N[C@H](CN[C@@H](C)C(=O)N[C@H](C(=O)NCC)C(C)C)CC(C)C. The van der Waals surface area contributed by atoms with E-state index in [9.17, 15) is 24.0 Å². The molecule has 1 rings (SSSR count). The van der Waals surface area contributed by atoms with Crippen LogP contribution in [-0.4, -0.2) is 86.0 Å². The minimum absolute atomic E-state index is 0.0820. The topological polar surface area (TPSA) is 167 Å². The van der Waals surface area contributed by atoms with Gasteiger partial charge in [-0.05, 0) is 57.3 Å². The van der Waals surface area contributed by atoms with Crippen molar-refractivity contribution in [3.05, 3.63) is 0 Å². The molecule has 0 aromatic carbocycles. The van der Waals surface area contributed by atoms with Gasteiger partial charge in [-0.2, -0.15) is 0 Å². The van der Waals surface area contributed by atoms with E-state index in [-0.39, 0.29) is 59.2 Å². The summed E-state index contributed by atoms with van der Waals surface area (Å²) in [4.78, 5) is 65.4. The van der Waals surface area contributed by atoms with Crippen molar-refractivity contribution in [1.29, 1.82) is 0 Å². The maximum absolute atomic E-state index is 13.5. The Labute approximate surface area is 271 Å². The van der Waals surface area contributed by atoms with Gasteiger partial charge in [0.2, 0.25) is 29.5 Å². The van der Waals surface area contributed by atoms with Crippen molar-refractivity contribution in [2.75, 3.05) is 26.3 Å². The maximum Gasteiger partial charge on any atom is 0.243 e. The number of rotatable bonds is 20. The molecule has 260 valence electrons. The van der Waals surface area contributed by atoms with E-state index in [1.54, 1.807) is 6.92 Å². The molecule has 5 amide bonds. The van der Waals surface area contributed by atoms with Crippen LogP contribution in [0, 0.1) is 23.7 Å². The molecule has 0 radical (unpaired) electrons. The molecule has 0 aromatic rings. The van der Waals surface area contributed by atoms with Crippen LogP contribution in [0.3, 0.4) is 0 Å². The van der Waals surface area contributed by atoms with Gasteiger partial charge in [0, 0.05) is 38.3 Å². The molecule has 6 N–H and O–H groups in total. The average molecular weight is 639 g/mol. The molecule has 0 aromatic heterocycles. The molecule has 1 saturated heterocycles. The molecule has 0 aliphatic carbocycles. The molecule has 0 unspecified atom stereocenters. The largest absolute Gasteiger partial charge is 0.381 e. The fourth-order valence-electron chi connectivity index (χ4n) is 5.33. The fraction of sp³-hybridized carbons (Fsp3) is 0.848. The van der Waals surface area contributed by atoms with E-state index in [1.807, 2.05) is 41.5 Å². The minimum atomic E-state index is -0.770. The highest BCUT2D eigenvalue weighted by molar-refractivity contribution is 5.93. The van der Waals surface area contributed by atoms with Crippen molar-refractivity contribution in [2.45, 2.75) is 131 Å². The summed E-state index contributed by atoms with van der Waals surface area (Å²) < 4.78 is 5.37. The summed E-state index contributed by atoms with van der Waals surface area (Å²) in [6.45, 7) is 19.1. The highest BCUT2D eigenvalue weighted by atomic mass is 16.5. The van der Waals surface area contributed by atoms with Crippen LogP contribution in [0.5, 0.6) is 0 Å². The molecular formula is C33H62N6O6. The predicted molar refractivity (Wildman–Crippen MR) is 176 cm³/mol. The van der Waals surface area contributed by atoms with Crippen molar-refractivity contribution < 1.29 is 28.7 Å². The number of carbonyl (C=O) groups is 5. The van der Waals surface area contributed by atoms with E-state index in [0.717, 1.165) is 0 Å².